The van der Waals surface area contributed by atoms with Gasteiger partial charge < -0.3 is 9.84 Å². The van der Waals surface area contributed by atoms with Crippen molar-refractivity contribution in [3.8, 4) is 0 Å². The molecule has 0 spiro atoms. The van der Waals surface area contributed by atoms with E-state index in [-0.39, 0.29) is 0 Å². The van der Waals surface area contributed by atoms with Crippen molar-refractivity contribution in [3.05, 3.63) is 33.4 Å². The quantitative estimate of drug-likeness (QED) is 0.802. The van der Waals surface area contributed by atoms with E-state index in [9.17, 15) is 14.3 Å². The fourth-order valence-electron chi connectivity index (χ4n) is 2.45. The van der Waals surface area contributed by atoms with Crippen molar-refractivity contribution >= 4 is 28.7 Å². The zero-order valence-corrected chi connectivity index (χ0v) is 12.8. The van der Waals surface area contributed by atoms with E-state index in [4.69, 9.17) is 4.74 Å². The molecule has 1 fully saturated rings. The lowest BCUT2D eigenvalue weighted by Gasteiger charge is -2.29. The van der Waals surface area contributed by atoms with E-state index in [1.165, 1.54) is 0 Å². The summed E-state index contributed by atoms with van der Waals surface area (Å²) in [7, 11) is 0. The molecule has 1 aromatic carbocycles. The summed E-state index contributed by atoms with van der Waals surface area (Å²) in [4.78, 5) is 12.3. The van der Waals surface area contributed by atoms with E-state index in [1.807, 2.05) is 24.3 Å². The Kier molecular flexibility index (Phi) is 4.00. The molecule has 1 N–H and O–H groups in total. The topological polar surface area (TPSA) is 49.8 Å². The second-order valence-electron chi connectivity index (χ2n) is 4.91. The van der Waals surface area contributed by atoms with Crippen molar-refractivity contribution in [2.75, 3.05) is 6.67 Å². The summed E-state index contributed by atoms with van der Waals surface area (Å²) in [5.41, 5.74) is -0.240. The highest BCUT2D eigenvalue weighted by Gasteiger charge is 2.50. The molecule has 1 aromatic rings. The van der Waals surface area contributed by atoms with Gasteiger partial charge in [-0.05, 0) is 54.1 Å². The minimum Gasteiger partial charge on any atom is -0.465 e. The smallest absolute Gasteiger partial charge is 0.410 e. The van der Waals surface area contributed by atoms with Crippen molar-refractivity contribution in [2.24, 2.45) is 0 Å². The van der Waals surface area contributed by atoms with Gasteiger partial charge in [-0.3, -0.25) is 4.90 Å². The number of carbonyl (C=O) groups is 1. The Balaban J connectivity index is 2.36. The monoisotopic (exact) mass is 379 g/mol. The molecule has 1 heterocycles. The minimum absolute atomic E-state index is 0.576. The summed E-state index contributed by atoms with van der Waals surface area (Å²) >= 11 is 2.18. The number of halogens is 2. The number of alkyl halides is 1. The van der Waals surface area contributed by atoms with Crippen LogP contribution < -0.4 is 0 Å². The molecule has 0 aromatic heterocycles. The standard InChI is InChI=1S/C13H15FINO3/c1-13(2)16(12(17)18)10(7-14)11(19-13)8-3-5-9(15)6-4-8/h3-6,10-11H,7H2,1-2H3,(H,17,18)/t10-,11-/m1/s1. The summed E-state index contributed by atoms with van der Waals surface area (Å²) in [6.45, 7) is 2.50. The molecular weight excluding hydrogens is 364 g/mol. The van der Waals surface area contributed by atoms with Crippen molar-refractivity contribution in [3.63, 3.8) is 0 Å². The van der Waals surface area contributed by atoms with Crippen molar-refractivity contribution < 1.29 is 19.0 Å². The molecule has 104 valence electrons. The van der Waals surface area contributed by atoms with E-state index in [0.717, 1.165) is 14.0 Å². The van der Waals surface area contributed by atoms with Gasteiger partial charge in [-0.2, -0.15) is 0 Å². The van der Waals surface area contributed by atoms with Crippen LogP contribution in [-0.4, -0.2) is 34.5 Å². The second-order valence-corrected chi connectivity index (χ2v) is 6.16. The van der Waals surface area contributed by atoms with Crippen LogP contribution in [0.4, 0.5) is 9.18 Å². The third-order valence-electron chi connectivity index (χ3n) is 3.24. The SMILES string of the molecule is CC1(C)O[C@H](c2ccc(I)cc2)[C@@H](CF)N1C(=O)O. The summed E-state index contributed by atoms with van der Waals surface area (Å²) < 4.78 is 20.1. The Hall–Kier alpha value is -0.890. The van der Waals surface area contributed by atoms with E-state index in [0.29, 0.717) is 0 Å². The Morgan fingerprint density at radius 3 is 2.53 bits per heavy atom. The Morgan fingerprint density at radius 2 is 2.05 bits per heavy atom. The number of ether oxygens (including phenoxy) is 1. The summed E-state index contributed by atoms with van der Waals surface area (Å²) in [5, 5.41) is 9.24. The van der Waals surface area contributed by atoms with Gasteiger partial charge in [0, 0.05) is 3.57 Å². The highest BCUT2D eigenvalue weighted by Crippen LogP contribution is 2.41. The second kappa shape index (κ2) is 5.24. The summed E-state index contributed by atoms with van der Waals surface area (Å²) in [6, 6.07) is 6.66. The van der Waals surface area contributed by atoms with Crippen LogP contribution in [0.5, 0.6) is 0 Å². The van der Waals surface area contributed by atoms with Crippen LogP contribution in [0.3, 0.4) is 0 Å². The first kappa shape index (κ1) is 14.5. The molecule has 1 aliphatic rings. The molecule has 2 rings (SSSR count). The van der Waals surface area contributed by atoms with Gasteiger partial charge in [0.1, 0.15) is 18.5 Å². The average molecular weight is 379 g/mol. The van der Waals surface area contributed by atoms with Gasteiger partial charge in [-0.15, -0.1) is 0 Å². The van der Waals surface area contributed by atoms with Crippen LogP contribution in [0.15, 0.2) is 24.3 Å². The fraction of sp³-hybridized carbons (Fsp3) is 0.462. The molecule has 1 saturated heterocycles. The van der Waals surface area contributed by atoms with E-state index >= 15 is 0 Å². The molecule has 2 atom stereocenters. The van der Waals surface area contributed by atoms with Crippen LogP contribution in [0, 0.1) is 3.57 Å². The van der Waals surface area contributed by atoms with Gasteiger partial charge in [-0.25, -0.2) is 9.18 Å². The van der Waals surface area contributed by atoms with Gasteiger partial charge in [0.05, 0.1) is 6.04 Å². The molecule has 0 saturated carbocycles. The Bertz CT molecular complexity index is 477. The van der Waals surface area contributed by atoms with Crippen LogP contribution in [0.2, 0.25) is 0 Å². The highest BCUT2D eigenvalue weighted by molar-refractivity contribution is 14.1. The zero-order valence-electron chi connectivity index (χ0n) is 10.6. The number of hydrogen-bond donors (Lipinski definition) is 1. The predicted molar refractivity (Wildman–Crippen MR) is 76.7 cm³/mol. The molecule has 0 bridgehead atoms. The third kappa shape index (κ3) is 2.69. The first-order valence-electron chi connectivity index (χ1n) is 5.88. The normalized spacial score (nSPS) is 25.6. The summed E-state index contributed by atoms with van der Waals surface area (Å²) in [6.07, 6.45) is -1.74. The molecule has 4 nitrogen and oxygen atoms in total. The molecule has 19 heavy (non-hydrogen) atoms. The number of hydrogen-bond acceptors (Lipinski definition) is 2. The molecule has 1 aliphatic heterocycles. The Morgan fingerprint density at radius 1 is 1.47 bits per heavy atom. The van der Waals surface area contributed by atoms with Gasteiger partial charge in [-0.1, -0.05) is 12.1 Å². The van der Waals surface area contributed by atoms with Gasteiger partial charge in [0.2, 0.25) is 0 Å². The van der Waals surface area contributed by atoms with Crippen molar-refractivity contribution in [1.29, 1.82) is 0 Å². The molecule has 0 unspecified atom stereocenters. The molecular formula is C13H15FINO3. The summed E-state index contributed by atoms with van der Waals surface area (Å²) in [5.74, 6) is 0. The van der Waals surface area contributed by atoms with Gasteiger partial charge in [0.25, 0.3) is 0 Å². The maximum absolute atomic E-state index is 13.3. The van der Waals surface area contributed by atoms with Crippen LogP contribution in [-0.2, 0) is 4.74 Å². The average Bonchev–Trinajstić information content (AvgIpc) is 2.61. The van der Waals surface area contributed by atoms with Gasteiger partial charge >= 0.3 is 6.09 Å². The number of carboxylic acid groups (broad SMARTS) is 1. The predicted octanol–water partition coefficient (Wildman–Crippen LogP) is 3.42. The van der Waals surface area contributed by atoms with Crippen LogP contribution in [0.25, 0.3) is 0 Å². The third-order valence-corrected chi connectivity index (χ3v) is 3.96. The largest absolute Gasteiger partial charge is 0.465 e. The highest BCUT2D eigenvalue weighted by atomic mass is 127. The minimum atomic E-state index is -1.17. The maximum Gasteiger partial charge on any atom is 0.410 e. The van der Waals surface area contributed by atoms with Crippen LogP contribution in [0.1, 0.15) is 25.5 Å². The first-order chi connectivity index (χ1) is 8.86. The first-order valence-corrected chi connectivity index (χ1v) is 6.96. The maximum atomic E-state index is 13.3. The molecule has 0 aliphatic carbocycles. The number of rotatable bonds is 2. The lowest BCUT2D eigenvalue weighted by Crippen LogP contribution is -2.48. The molecule has 6 heteroatoms. The molecule has 1 amide bonds. The van der Waals surface area contributed by atoms with Crippen molar-refractivity contribution in [2.45, 2.75) is 31.7 Å². The van der Waals surface area contributed by atoms with E-state index < -0.39 is 30.6 Å². The van der Waals surface area contributed by atoms with Crippen LogP contribution >= 0.6 is 22.6 Å². The molecule has 0 radical (unpaired) electrons. The van der Waals surface area contributed by atoms with E-state index in [1.54, 1.807) is 13.8 Å². The van der Waals surface area contributed by atoms with E-state index in [2.05, 4.69) is 22.6 Å². The lowest BCUT2D eigenvalue weighted by atomic mass is 10.0. The van der Waals surface area contributed by atoms with Gasteiger partial charge in [0.15, 0.2) is 0 Å². The Labute approximate surface area is 124 Å². The van der Waals surface area contributed by atoms with Crippen molar-refractivity contribution in [1.82, 2.24) is 4.90 Å². The zero-order chi connectivity index (χ0) is 14.2. The fourth-order valence-corrected chi connectivity index (χ4v) is 2.81. The number of nitrogens with zero attached hydrogens (tertiary/aromatic N) is 1. The lowest BCUT2D eigenvalue weighted by molar-refractivity contribution is -0.0674. The number of amides is 1. The number of benzene rings is 1.